The van der Waals surface area contributed by atoms with Gasteiger partial charge in [-0.2, -0.15) is 0 Å². The Labute approximate surface area is 163 Å². The highest BCUT2D eigenvalue weighted by molar-refractivity contribution is 7.80. The monoisotopic (exact) mass is 393 g/mol. The molecule has 1 aliphatic heterocycles. The van der Waals surface area contributed by atoms with Crippen LogP contribution in [0.3, 0.4) is 0 Å². The molecule has 26 heavy (non-hydrogen) atoms. The molecule has 0 bridgehead atoms. The number of anilines is 2. The fourth-order valence-corrected chi connectivity index (χ4v) is 3.14. The van der Waals surface area contributed by atoms with E-state index in [0.717, 1.165) is 31.9 Å². The highest BCUT2D eigenvalue weighted by Crippen LogP contribution is 2.20. The van der Waals surface area contributed by atoms with Crippen LogP contribution >= 0.6 is 23.8 Å². The van der Waals surface area contributed by atoms with Crippen molar-refractivity contribution in [3.05, 3.63) is 58.9 Å². The van der Waals surface area contributed by atoms with E-state index in [1.165, 1.54) is 17.8 Å². The van der Waals surface area contributed by atoms with E-state index < -0.39 is 5.82 Å². The molecule has 3 rings (SSSR count). The Hall–Kier alpha value is -1.89. The molecule has 138 valence electrons. The van der Waals surface area contributed by atoms with Crippen LogP contribution in [0.5, 0.6) is 0 Å². The average Bonchev–Trinajstić information content (AvgIpc) is 2.66. The highest BCUT2D eigenvalue weighted by Gasteiger charge is 2.12. The van der Waals surface area contributed by atoms with Crippen LogP contribution in [0.25, 0.3) is 0 Å². The SMILES string of the molecule is CN(Cc1ccc(N2CCOCC2)cc1)C(=S)Nc1ccc(F)c(Cl)c1. The maximum atomic E-state index is 13.2. The predicted molar refractivity (Wildman–Crippen MR) is 109 cm³/mol. The lowest BCUT2D eigenvalue weighted by atomic mass is 10.2. The summed E-state index contributed by atoms with van der Waals surface area (Å²) < 4.78 is 18.6. The van der Waals surface area contributed by atoms with E-state index >= 15 is 0 Å². The molecule has 1 heterocycles. The quantitative estimate of drug-likeness (QED) is 0.788. The molecule has 0 aromatic heterocycles. The molecule has 0 amide bonds. The van der Waals surface area contributed by atoms with Gasteiger partial charge in [0.05, 0.1) is 18.2 Å². The average molecular weight is 394 g/mol. The molecule has 1 fully saturated rings. The number of thiocarbonyl (C=S) groups is 1. The zero-order chi connectivity index (χ0) is 18.5. The van der Waals surface area contributed by atoms with Gasteiger partial charge in [0, 0.05) is 38.1 Å². The van der Waals surface area contributed by atoms with Gasteiger partial charge in [-0.1, -0.05) is 23.7 Å². The summed E-state index contributed by atoms with van der Waals surface area (Å²) in [6.45, 7) is 4.07. The smallest absolute Gasteiger partial charge is 0.173 e. The Kier molecular flexibility index (Phi) is 6.29. The minimum atomic E-state index is -0.447. The third kappa shape index (κ3) is 4.84. The molecule has 7 heteroatoms. The predicted octanol–water partition coefficient (Wildman–Crippen LogP) is 4.14. The third-order valence-corrected chi connectivity index (χ3v) is 4.95. The lowest BCUT2D eigenvalue weighted by molar-refractivity contribution is 0.122. The Morgan fingerprint density at radius 3 is 2.58 bits per heavy atom. The van der Waals surface area contributed by atoms with E-state index in [9.17, 15) is 4.39 Å². The summed E-state index contributed by atoms with van der Waals surface area (Å²) in [6, 6.07) is 12.9. The van der Waals surface area contributed by atoms with Gasteiger partial charge in [-0.15, -0.1) is 0 Å². The number of morpholine rings is 1. The maximum Gasteiger partial charge on any atom is 0.173 e. The standard InChI is InChI=1S/C19H21ClFN3OS/c1-23(19(26)22-15-4-7-18(21)17(20)12-15)13-14-2-5-16(6-3-14)24-8-10-25-11-9-24/h2-7,12H,8-11,13H2,1H3,(H,22,26). The van der Waals surface area contributed by atoms with Gasteiger partial charge >= 0.3 is 0 Å². The maximum absolute atomic E-state index is 13.2. The first-order valence-electron chi connectivity index (χ1n) is 8.42. The number of hydrogen-bond donors (Lipinski definition) is 1. The van der Waals surface area contributed by atoms with Crippen molar-refractivity contribution < 1.29 is 9.13 Å². The van der Waals surface area contributed by atoms with E-state index in [0.29, 0.717) is 17.3 Å². The number of benzene rings is 2. The summed E-state index contributed by atoms with van der Waals surface area (Å²) in [5, 5.41) is 3.69. The topological polar surface area (TPSA) is 27.7 Å². The molecule has 2 aromatic carbocycles. The van der Waals surface area contributed by atoms with Crippen molar-refractivity contribution in [1.29, 1.82) is 0 Å². The van der Waals surface area contributed by atoms with Crippen molar-refractivity contribution in [2.24, 2.45) is 0 Å². The van der Waals surface area contributed by atoms with Gasteiger partial charge in [-0.25, -0.2) is 4.39 Å². The molecule has 1 aliphatic rings. The van der Waals surface area contributed by atoms with E-state index in [4.69, 9.17) is 28.6 Å². The third-order valence-electron chi connectivity index (χ3n) is 4.25. The summed E-state index contributed by atoms with van der Waals surface area (Å²) in [4.78, 5) is 4.25. The summed E-state index contributed by atoms with van der Waals surface area (Å²) in [6.07, 6.45) is 0. The molecule has 0 radical (unpaired) electrons. The minimum Gasteiger partial charge on any atom is -0.378 e. The van der Waals surface area contributed by atoms with Gasteiger partial charge in [0.2, 0.25) is 0 Å². The summed E-state index contributed by atoms with van der Waals surface area (Å²) in [7, 11) is 1.91. The number of rotatable bonds is 4. The second-order valence-corrected chi connectivity index (χ2v) is 6.97. The number of nitrogens with one attached hydrogen (secondary N) is 1. The summed E-state index contributed by atoms with van der Waals surface area (Å²) >= 11 is 11.2. The molecule has 0 saturated carbocycles. The Balaban J connectivity index is 1.57. The molecule has 1 saturated heterocycles. The molecule has 0 atom stereocenters. The zero-order valence-corrected chi connectivity index (χ0v) is 16.1. The van der Waals surface area contributed by atoms with Gasteiger partial charge in [0.15, 0.2) is 5.11 Å². The number of ether oxygens (including phenoxy) is 1. The van der Waals surface area contributed by atoms with E-state index in [2.05, 4.69) is 34.5 Å². The van der Waals surface area contributed by atoms with E-state index in [1.54, 1.807) is 6.07 Å². The lowest BCUT2D eigenvalue weighted by Crippen LogP contribution is -2.36. The molecule has 0 spiro atoms. The molecular formula is C19H21ClFN3OS. The first-order chi connectivity index (χ1) is 12.5. The number of nitrogens with zero attached hydrogens (tertiary/aromatic N) is 2. The van der Waals surface area contributed by atoms with E-state index in [1.807, 2.05) is 11.9 Å². The van der Waals surface area contributed by atoms with Gasteiger partial charge in [0.25, 0.3) is 0 Å². The molecular weight excluding hydrogens is 373 g/mol. The normalized spacial score (nSPS) is 14.2. The van der Waals surface area contributed by atoms with Crippen molar-refractivity contribution >= 4 is 40.3 Å². The van der Waals surface area contributed by atoms with Crippen LogP contribution in [0.4, 0.5) is 15.8 Å². The number of hydrogen-bond acceptors (Lipinski definition) is 3. The van der Waals surface area contributed by atoms with Crippen LogP contribution in [0, 0.1) is 5.82 Å². The van der Waals surface area contributed by atoms with Crippen molar-refractivity contribution in [2.75, 3.05) is 43.6 Å². The summed E-state index contributed by atoms with van der Waals surface area (Å²) in [5.74, 6) is -0.447. The first kappa shape index (κ1) is 18.9. The van der Waals surface area contributed by atoms with Crippen LogP contribution in [0.2, 0.25) is 5.02 Å². The van der Waals surface area contributed by atoms with Gasteiger partial charge in [0.1, 0.15) is 5.82 Å². The summed E-state index contributed by atoms with van der Waals surface area (Å²) in [5.41, 5.74) is 3.03. The minimum absolute atomic E-state index is 0.0687. The Morgan fingerprint density at radius 1 is 1.23 bits per heavy atom. The Bertz CT molecular complexity index is 766. The van der Waals surface area contributed by atoms with Gasteiger partial charge in [-0.3, -0.25) is 0 Å². The molecule has 0 aliphatic carbocycles. The van der Waals surface area contributed by atoms with Crippen molar-refractivity contribution in [1.82, 2.24) is 4.90 Å². The van der Waals surface area contributed by atoms with Crippen LogP contribution in [-0.2, 0) is 11.3 Å². The fourth-order valence-electron chi connectivity index (χ4n) is 2.77. The van der Waals surface area contributed by atoms with E-state index in [-0.39, 0.29) is 5.02 Å². The highest BCUT2D eigenvalue weighted by atomic mass is 35.5. The zero-order valence-electron chi connectivity index (χ0n) is 14.5. The Morgan fingerprint density at radius 2 is 1.92 bits per heavy atom. The second kappa shape index (κ2) is 8.66. The number of halogens is 2. The van der Waals surface area contributed by atoms with Crippen LogP contribution in [0.1, 0.15) is 5.56 Å². The molecule has 1 N–H and O–H groups in total. The fraction of sp³-hybridized carbons (Fsp3) is 0.316. The molecule has 2 aromatic rings. The van der Waals surface area contributed by atoms with Crippen molar-refractivity contribution in [3.63, 3.8) is 0 Å². The van der Waals surface area contributed by atoms with Crippen LogP contribution in [0.15, 0.2) is 42.5 Å². The van der Waals surface area contributed by atoms with Gasteiger partial charge in [-0.05, 0) is 48.1 Å². The molecule has 4 nitrogen and oxygen atoms in total. The molecule has 0 unspecified atom stereocenters. The van der Waals surface area contributed by atoms with Crippen LogP contribution < -0.4 is 10.2 Å². The first-order valence-corrected chi connectivity index (χ1v) is 9.20. The van der Waals surface area contributed by atoms with Crippen molar-refractivity contribution in [3.8, 4) is 0 Å². The largest absolute Gasteiger partial charge is 0.378 e. The van der Waals surface area contributed by atoms with Crippen LogP contribution in [-0.4, -0.2) is 43.4 Å². The van der Waals surface area contributed by atoms with Crippen molar-refractivity contribution in [2.45, 2.75) is 6.54 Å². The second-order valence-electron chi connectivity index (χ2n) is 6.18. The van der Waals surface area contributed by atoms with Gasteiger partial charge < -0.3 is 19.9 Å². The lowest BCUT2D eigenvalue weighted by Gasteiger charge is -2.29.